The van der Waals surface area contributed by atoms with Crippen LogP contribution in [0.4, 0.5) is 0 Å². The summed E-state index contributed by atoms with van der Waals surface area (Å²) in [6, 6.07) is -0.407. The molecule has 12 heavy (non-hydrogen) atoms. The van der Waals surface area contributed by atoms with Crippen molar-refractivity contribution in [1.82, 2.24) is 0 Å². The summed E-state index contributed by atoms with van der Waals surface area (Å²) in [5, 5.41) is 10.8. The molecule has 0 unspecified atom stereocenters. The fourth-order valence-electron chi connectivity index (χ4n) is 1.54. The molecular weight excluding hydrogens is 154 g/mol. The number of carbonyl (C=O) groups excluding carboxylic acids is 1. The molecule has 0 amide bonds. The van der Waals surface area contributed by atoms with Gasteiger partial charge in [0.25, 0.3) is 0 Å². The fourth-order valence-corrected chi connectivity index (χ4v) is 1.54. The summed E-state index contributed by atoms with van der Waals surface area (Å²) in [6.07, 6.45) is 0.869. The van der Waals surface area contributed by atoms with E-state index in [1.54, 1.807) is 0 Å². The van der Waals surface area contributed by atoms with E-state index >= 15 is 0 Å². The van der Waals surface area contributed by atoms with Gasteiger partial charge in [-0.25, -0.2) is 0 Å². The second-order valence-electron chi connectivity index (χ2n) is 4.27. The summed E-state index contributed by atoms with van der Waals surface area (Å²) in [5.74, 6) is -0.785. The monoisotopic (exact) mass is 173 g/mol. The first-order valence-electron chi connectivity index (χ1n) is 4.32. The normalized spacial score (nSPS) is 17.1. The second kappa shape index (κ2) is 3.90. The molecule has 0 heterocycles. The van der Waals surface area contributed by atoms with E-state index in [0.717, 1.165) is 6.42 Å². The highest BCUT2D eigenvalue weighted by Crippen LogP contribution is 2.16. The van der Waals surface area contributed by atoms with E-state index in [0.29, 0.717) is 4.48 Å². The molecule has 0 aromatic rings. The molecule has 0 aromatic carbocycles. The zero-order valence-electron chi connectivity index (χ0n) is 8.63. The Morgan fingerprint density at radius 1 is 1.42 bits per heavy atom. The van der Waals surface area contributed by atoms with Crippen molar-refractivity contribution >= 4 is 5.97 Å². The van der Waals surface area contributed by atoms with Crippen LogP contribution >= 0.6 is 0 Å². The van der Waals surface area contributed by atoms with Crippen molar-refractivity contribution in [3.05, 3.63) is 0 Å². The lowest BCUT2D eigenvalue weighted by molar-refractivity contribution is -0.893. The molecular formula is C9H19NO2. The molecule has 0 aliphatic rings. The van der Waals surface area contributed by atoms with Crippen LogP contribution in [-0.2, 0) is 4.79 Å². The lowest BCUT2D eigenvalue weighted by Gasteiger charge is -2.38. The van der Waals surface area contributed by atoms with Gasteiger partial charge in [0.05, 0.1) is 27.1 Å². The van der Waals surface area contributed by atoms with Gasteiger partial charge in [0, 0.05) is 5.92 Å². The molecule has 0 saturated heterocycles. The predicted molar refractivity (Wildman–Crippen MR) is 46.3 cm³/mol. The van der Waals surface area contributed by atoms with Gasteiger partial charge in [-0.05, 0) is 6.42 Å². The number of nitrogens with zero attached hydrogens (tertiary/aromatic N) is 1. The van der Waals surface area contributed by atoms with Crippen LogP contribution in [0.3, 0.4) is 0 Å². The number of hydrogen-bond acceptors (Lipinski definition) is 2. The molecule has 0 rings (SSSR count). The van der Waals surface area contributed by atoms with Crippen molar-refractivity contribution in [2.24, 2.45) is 5.92 Å². The maximum Gasteiger partial charge on any atom is 0.131 e. The minimum atomic E-state index is -0.947. The third kappa shape index (κ3) is 2.81. The first-order valence-corrected chi connectivity index (χ1v) is 4.32. The molecule has 0 saturated carbocycles. The number of rotatable bonds is 4. The van der Waals surface area contributed by atoms with Crippen LogP contribution in [0.1, 0.15) is 20.3 Å². The van der Waals surface area contributed by atoms with Gasteiger partial charge in [0.15, 0.2) is 0 Å². The van der Waals surface area contributed by atoms with E-state index in [1.807, 2.05) is 35.0 Å². The highest BCUT2D eigenvalue weighted by molar-refractivity contribution is 5.70. The molecule has 3 heteroatoms. The van der Waals surface area contributed by atoms with Crippen molar-refractivity contribution in [3.8, 4) is 0 Å². The zero-order valence-corrected chi connectivity index (χ0v) is 8.63. The van der Waals surface area contributed by atoms with Gasteiger partial charge in [-0.3, -0.25) is 0 Å². The Morgan fingerprint density at radius 2 is 1.83 bits per heavy atom. The highest BCUT2D eigenvalue weighted by atomic mass is 16.4. The third-order valence-electron chi connectivity index (χ3n) is 2.26. The largest absolute Gasteiger partial charge is 0.544 e. The van der Waals surface area contributed by atoms with Gasteiger partial charge in [-0.1, -0.05) is 13.8 Å². The van der Waals surface area contributed by atoms with Gasteiger partial charge in [-0.2, -0.15) is 0 Å². The van der Waals surface area contributed by atoms with Crippen LogP contribution in [0.2, 0.25) is 0 Å². The third-order valence-corrected chi connectivity index (χ3v) is 2.26. The summed E-state index contributed by atoms with van der Waals surface area (Å²) < 4.78 is 0.428. The molecule has 0 aromatic heterocycles. The number of likely N-dealkylation sites (N-methyl/N-ethyl adjacent to an activating group) is 1. The molecule has 2 atom stereocenters. The van der Waals surface area contributed by atoms with Crippen molar-refractivity contribution in [2.45, 2.75) is 26.3 Å². The molecule has 0 aliphatic heterocycles. The number of carboxylic acids is 1. The summed E-state index contributed by atoms with van der Waals surface area (Å²) in [4.78, 5) is 10.8. The van der Waals surface area contributed by atoms with Crippen LogP contribution in [-0.4, -0.2) is 37.6 Å². The second-order valence-corrected chi connectivity index (χ2v) is 4.27. The number of carboxylic acid groups (broad SMARTS) is 1. The topological polar surface area (TPSA) is 40.1 Å². The summed E-state index contributed by atoms with van der Waals surface area (Å²) in [7, 11) is 5.64. The van der Waals surface area contributed by atoms with E-state index in [4.69, 9.17) is 0 Å². The standard InChI is InChI=1S/C9H19NO2/c1-6-7(2)8(9(11)12)10(3,4)5/h7-8H,6H2,1-5H3/t7-,8+/m0/s1. The molecule has 3 nitrogen and oxygen atoms in total. The average molecular weight is 173 g/mol. The van der Waals surface area contributed by atoms with E-state index in [1.165, 1.54) is 0 Å². The van der Waals surface area contributed by atoms with Crippen LogP contribution in [0.5, 0.6) is 0 Å². The minimum Gasteiger partial charge on any atom is -0.544 e. The predicted octanol–water partition coefficient (Wildman–Crippen LogP) is -0.143. The zero-order chi connectivity index (χ0) is 9.94. The SMILES string of the molecule is CC[C@H](C)[C@H](C(=O)[O-])[N+](C)(C)C. The van der Waals surface area contributed by atoms with Gasteiger partial charge in [0.2, 0.25) is 0 Å². The Hall–Kier alpha value is -0.570. The number of carbonyl (C=O) groups is 1. The van der Waals surface area contributed by atoms with Crippen molar-refractivity contribution in [3.63, 3.8) is 0 Å². The molecule has 0 N–H and O–H groups in total. The highest BCUT2D eigenvalue weighted by Gasteiger charge is 2.29. The smallest absolute Gasteiger partial charge is 0.131 e. The van der Waals surface area contributed by atoms with Crippen LogP contribution in [0.15, 0.2) is 0 Å². The van der Waals surface area contributed by atoms with Crippen LogP contribution in [0.25, 0.3) is 0 Å². The lowest BCUT2D eigenvalue weighted by Crippen LogP contribution is -2.57. The Morgan fingerprint density at radius 3 is 1.92 bits per heavy atom. The summed E-state index contributed by atoms with van der Waals surface area (Å²) >= 11 is 0. The van der Waals surface area contributed by atoms with E-state index in [-0.39, 0.29) is 5.92 Å². The molecule has 0 aliphatic carbocycles. The first-order chi connectivity index (χ1) is 5.30. The van der Waals surface area contributed by atoms with E-state index in [2.05, 4.69) is 0 Å². The van der Waals surface area contributed by atoms with Gasteiger partial charge >= 0.3 is 0 Å². The van der Waals surface area contributed by atoms with Crippen molar-refractivity contribution in [2.75, 3.05) is 21.1 Å². The van der Waals surface area contributed by atoms with Crippen LogP contribution < -0.4 is 5.11 Å². The molecule has 0 radical (unpaired) electrons. The number of quaternary nitrogens is 1. The molecule has 0 bridgehead atoms. The fraction of sp³-hybridized carbons (Fsp3) is 0.889. The molecule has 72 valence electrons. The lowest BCUT2D eigenvalue weighted by atomic mass is 9.97. The van der Waals surface area contributed by atoms with Gasteiger partial charge in [0.1, 0.15) is 6.04 Å². The van der Waals surface area contributed by atoms with E-state index in [9.17, 15) is 9.90 Å². The maximum absolute atomic E-state index is 10.8. The Bertz CT molecular complexity index is 160. The number of hydrogen-bond donors (Lipinski definition) is 0. The average Bonchev–Trinajstić information content (AvgIpc) is 1.83. The van der Waals surface area contributed by atoms with Crippen LogP contribution in [0, 0.1) is 5.92 Å². The quantitative estimate of drug-likeness (QED) is 0.555. The summed E-state index contributed by atoms with van der Waals surface area (Å²) in [6.45, 7) is 3.94. The van der Waals surface area contributed by atoms with Crippen molar-refractivity contribution in [1.29, 1.82) is 0 Å². The Kier molecular flexibility index (Phi) is 3.71. The Labute approximate surface area is 74.6 Å². The summed E-state index contributed by atoms with van der Waals surface area (Å²) in [5.41, 5.74) is 0. The maximum atomic E-state index is 10.8. The van der Waals surface area contributed by atoms with Gasteiger partial charge < -0.3 is 14.4 Å². The van der Waals surface area contributed by atoms with Crippen molar-refractivity contribution < 1.29 is 14.4 Å². The minimum absolute atomic E-state index is 0.162. The Balaban J connectivity index is 4.56. The number of aliphatic carboxylic acids is 1. The van der Waals surface area contributed by atoms with Gasteiger partial charge in [-0.15, -0.1) is 0 Å². The first kappa shape index (κ1) is 11.4. The molecule has 0 fully saturated rings. The molecule has 0 spiro atoms. The van der Waals surface area contributed by atoms with E-state index < -0.39 is 12.0 Å².